The molecule has 0 bridgehead atoms. The Morgan fingerprint density at radius 3 is 0.769 bits per heavy atom. The van der Waals surface area contributed by atoms with Crippen molar-refractivity contribution >= 4 is 37.1 Å². The Balaban J connectivity index is -0.0000000292. The van der Waals surface area contributed by atoms with Gasteiger partial charge in [0.15, 0.2) is 0 Å². The predicted molar refractivity (Wildman–Crippen MR) is 54.3 cm³/mol. The largest absolute Gasteiger partial charge is 1.00 e. The molecule has 0 spiro atoms. The van der Waals surface area contributed by atoms with Crippen LogP contribution in [0.3, 0.4) is 0 Å². The molecule has 0 amide bonds. The molecular weight excluding hydrogens is 285 g/mol. The fourth-order valence-corrected chi connectivity index (χ4v) is 0. The molecule has 6 N–H and O–H groups in total. The van der Waals surface area contributed by atoms with Crippen LogP contribution in [0.1, 0.15) is 15.3 Å². The van der Waals surface area contributed by atoms with Gasteiger partial charge in [0.2, 0.25) is 0 Å². The number of hydrogen-bond acceptors (Lipinski definition) is 2. The molecule has 0 heterocycles. The molecule has 0 radical (unpaired) electrons. The first-order valence-electron chi connectivity index (χ1n) is 2.57. The summed E-state index contributed by atoms with van der Waals surface area (Å²) in [7, 11) is 0. The zero-order valence-electron chi connectivity index (χ0n) is 8.39. The fraction of sp³-hybridized carbons (Fsp3) is 1.00. The third kappa shape index (κ3) is 326. The Morgan fingerprint density at radius 1 is 0.769 bits per heavy atom. The molecule has 13 heavy (non-hydrogen) atoms. The van der Waals surface area contributed by atoms with E-state index in [1.807, 2.05) is 13.8 Å². The third-order valence-corrected chi connectivity index (χ3v) is 0. The molecule has 0 fully saturated rings. The van der Waals surface area contributed by atoms with Gasteiger partial charge in [-0.05, 0) is 23.6 Å². The molecule has 0 aromatic rings. The zero-order valence-corrected chi connectivity index (χ0v) is 13.9. The number of rotatable bonds is 0. The van der Waals surface area contributed by atoms with Crippen LogP contribution in [-0.2, 0) is 23.6 Å². The zero-order chi connectivity index (χ0) is 11.0. The molecule has 0 aliphatic rings. The molecule has 6 nitrogen and oxygen atoms in total. The van der Waals surface area contributed by atoms with Gasteiger partial charge in [0, 0.05) is 0 Å². The van der Waals surface area contributed by atoms with E-state index < -0.39 is 13.4 Å². The van der Waals surface area contributed by atoms with E-state index in [2.05, 4.69) is 23.6 Å². The smallest absolute Gasteiger partial charge is 1.00 e. The Labute approximate surface area is 131 Å². The summed E-state index contributed by atoms with van der Waals surface area (Å²) in [6.45, 7) is -3.61. The molecule has 80 valence electrons. The van der Waals surface area contributed by atoms with Crippen molar-refractivity contribution in [2.45, 2.75) is 13.8 Å². The van der Waals surface area contributed by atoms with Gasteiger partial charge in [-0.25, -0.2) is 0 Å². The standard InChI is InChI=1S/C2H6.K.2H3O3PS.H/c1-2;;2*1-4(2,3)5;/h1-2H3;;2*(H3,1,2,3,5);/q;+1;;;-1. The SMILES string of the molecule is CC.OP(O)(O)=S.OP(O)(O)=S.[H-].[K+]. The monoisotopic (exact) mass is 298 g/mol. The first-order valence-corrected chi connectivity index (χ1v) is 7.89. The summed E-state index contributed by atoms with van der Waals surface area (Å²) in [5.74, 6) is 0. The molecule has 0 aliphatic heterocycles. The van der Waals surface area contributed by atoms with E-state index in [0.29, 0.717) is 0 Å². The van der Waals surface area contributed by atoms with Crippen LogP contribution in [0.2, 0.25) is 0 Å². The van der Waals surface area contributed by atoms with Crippen molar-refractivity contribution in [2.24, 2.45) is 0 Å². The van der Waals surface area contributed by atoms with Gasteiger partial charge in [-0.15, -0.1) is 0 Å². The molecular formula is C2H13KO6P2S2. The first-order chi connectivity index (χ1) is 5.00. The maximum atomic E-state index is 7.56. The third-order valence-electron chi connectivity index (χ3n) is 0. The summed E-state index contributed by atoms with van der Waals surface area (Å²) in [5.41, 5.74) is 0. The van der Waals surface area contributed by atoms with Crippen LogP contribution in [-0.4, -0.2) is 29.4 Å². The molecule has 0 unspecified atom stereocenters. The summed E-state index contributed by atoms with van der Waals surface area (Å²) >= 11 is 7.21. The van der Waals surface area contributed by atoms with E-state index in [4.69, 9.17) is 29.4 Å². The van der Waals surface area contributed by atoms with Gasteiger partial charge < -0.3 is 30.8 Å². The van der Waals surface area contributed by atoms with Crippen molar-refractivity contribution in [3.05, 3.63) is 0 Å². The fourth-order valence-electron chi connectivity index (χ4n) is 0. The van der Waals surface area contributed by atoms with Crippen molar-refractivity contribution in [1.29, 1.82) is 0 Å². The molecule has 0 aromatic carbocycles. The second kappa shape index (κ2) is 12.8. The maximum Gasteiger partial charge on any atom is 1.00 e. The van der Waals surface area contributed by atoms with Crippen LogP contribution in [0, 0.1) is 0 Å². The van der Waals surface area contributed by atoms with Crippen LogP contribution in [0.15, 0.2) is 0 Å². The summed E-state index contributed by atoms with van der Waals surface area (Å²) in [6.07, 6.45) is 0. The quantitative estimate of drug-likeness (QED) is 0.201. The molecule has 0 aliphatic carbocycles. The molecule has 0 atom stereocenters. The summed E-state index contributed by atoms with van der Waals surface area (Å²) < 4.78 is 0. The predicted octanol–water partition coefficient (Wildman–Crippen LogP) is -3.48. The van der Waals surface area contributed by atoms with Gasteiger partial charge in [-0.2, -0.15) is 0 Å². The molecule has 11 heteroatoms. The average Bonchev–Trinajstić information content (AvgIpc) is 1.59. The van der Waals surface area contributed by atoms with E-state index in [0.717, 1.165) is 0 Å². The minimum atomic E-state index is -3.81. The molecule has 0 rings (SSSR count). The normalized spacial score (nSPS) is 9.54. The Kier molecular flexibility index (Phi) is 24.3. The van der Waals surface area contributed by atoms with E-state index in [1.54, 1.807) is 0 Å². The van der Waals surface area contributed by atoms with Crippen molar-refractivity contribution in [1.82, 2.24) is 0 Å². The van der Waals surface area contributed by atoms with Crippen molar-refractivity contribution in [3.8, 4) is 0 Å². The van der Waals surface area contributed by atoms with E-state index in [1.165, 1.54) is 0 Å². The van der Waals surface area contributed by atoms with Crippen molar-refractivity contribution in [3.63, 3.8) is 0 Å². The van der Waals surface area contributed by atoms with E-state index in [-0.39, 0.29) is 52.8 Å². The molecule has 0 saturated heterocycles. The van der Waals surface area contributed by atoms with Gasteiger partial charge >= 0.3 is 64.8 Å². The summed E-state index contributed by atoms with van der Waals surface area (Å²) in [6, 6.07) is 0. The Morgan fingerprint density at radius 2 is 0.769 bits per heavy atom. The van der Waals surface area contributed by atoms with Gasteiger partial charge in [0.1, 0.15) is 0 Å². The van der Waals surface area contributed by atoms with Crippen LogP contribution < -0.4 is 51.4 Å². The van der Waals surface area contributed by atoms with E-state index in [9.17, 15) is 0 Å². The molecule has 0 aromatic heterocycles. The van der Waals surface area contributed by atoms with Gasteiger partial charge in [-0.3, -0.25) is 0 Å². The second-order valence-corrected chi connectivity index (χ2v) is 6.02. The number of hydrogen-bond donors (Lipinski definition) is 6. The Hall–Kier alpha value is 2.70. The van der Waals surface area contributed by atoms with Crippen molar-refractivity contribution < 1.29 is 82.2 Å². The minimum absolute atomic E-state index is 0. The topological polar surface area (TPSA) is 121 Å². The second-order valence-electron chi connectivity index (χ2n) is 1.03. The van der Waals surface area contributed by atoms with Crippen LogP contribution in [0.25, 0.3) is 0 Å². The average molecular weight is 298 g/mol. The summed E-state index contributed by atoms with van der Waals surface area (Å²) in [5, 5.41) is 0. The maximum absolute atomic E-state index is 7.56. The Bertz CT molecular complexity index is 144. The van der Waals surface area contributed by atoms with Crippen LogP contribution in [0.4, 0.5) is 0 Å². The molecule has 0 saturated carbocycles. The van der Waals surface area contributed by atoms with Gasteiger partial charge in [0.05, 0.1) is 0 Å². The summed E-state index contributed by atoms with van der Waals surface area (Å²) in [4.78, 5) is 45.3. The van der Waals surface area contributed by atoms with E-state index >= 15 is 0 Å². The minimum Gasteiger partial charge on any atom is -1.00 e. The van der Waals surface area contributed by atoms with Crippen LogP contribution >= 0.6 is 13.4 Å². The van der Waals surface area contributed by atoms with Gasteiger partial charge in [0.25, 0.3) is 0 Å². The van der Waals surface area contributed by atoms with Crippen molar-refractivity contribution in [2.75, 3.05) is 0 Å². The van der Waals surface area contributed by atoms with Crippen LogP contribution in [0.5, 0.6) is 0 Å². The first kappa shape index (κ1) is 24.8. The van der Waals surface area contributed by atoms with Gasteiger partial charge in [-0.1, -0.05) is 13.8 Å².